The number of rotatable bonds is 0. The van der Waals surface area contributed by atoms with Crippen LogP contribution in [-0.2, 0) is 4.79 Å². The summed E-state index contributed by atoms with van der Waals surface area (Å²) in [5.74, 6) is 0.945. The van der Waals surface area contributed by atoms with Crippen LogP contribution >= 0.6 is 22.6 Å². The third-order valence-electron chi connectivity index (χ3n) is 2.13. The van der Waals surface area contributed by atoms with Gasteiger partial charge in [-0.1, -0.05) is 12.5 Å². The Balaban J connectivity index is 2.92. The monoisotopic (exact) mass is 250 g/mol. The Morgan fingerprint density at radius 3 is 2.70 bits per heavy atom. The minimum atomic E-state index is 0.330. The second kappa shape index (κ2) is 3.03. The van der Waals surface area contributed by atoms with Crippen LogP contribution in [0.2, 0.25) is 0 Å². The highest BCUT2D eigenvalue weighted by molar-refractivity contribution is 14.1. The van der Waals surface area contributed by atoms with Gasteiger partial charge in [-0.15, -0.1) is 0 Å². The number of ketones is 1. The van der Waals surface area contributed by atoms with Crippen LogP contribution in [0, 0.1) is 5.92 Å². The van der Waals surface area contributed by atoms with E-state index >= 15 is 0 Å². The van der Waals surface area contributed by atoms with Crippen LogP contribution < -0.4 is 0 Å². The fraction of sp³-hybridized carbons (Fsp3) is 0.625. The molecule has 0 heterocycles. The molecule has 0 bridgehead atoms. The van der Waals surface area contributed by atoms with E-state index in [1.54, 1.807) is 0 Å². The van der Waals surface area contributed by atoms with Crippen LogP contribution in [0.5, 0.6) is 0 Å². The number of halogens is 1. The van der Waals surface area contributed by atoms with Crippen molar-refractivity contribution in [3.05, 3.63) is 9.15 Å². The largest absolute Gasteiger partial charge is 0.294 e. The predicted molar refractivity (Wildman–Crippen MR) is 50.1 cm³/mol. The van der Waals surface area contributed by atoms with Crippen LogP contribution in [0.25, 0.3) is 0 Å². The Morgan fingerprint density at radius 1 is 1.60 bits per heavy atom. The first-order valence-electron chi connectivity index (χ1n) is 3.52. The fourth-order valence-corrected chi connectivity index (χ4v) is 1.91. The lowest BCUT2D eigenvalue weighted by Gasteiger charge is -2.18. The molecule has 1 aliphatic rings. The van der Waals surface area contributed by atoms with E-state index in [1.807, 2.05) is 0 Å². The minimum Gasteiger partial charge on any atom is -0.294 e. The van der Waals surface area contributed by atoms with Crippen LogP contribution in [0.1, 0.15) is 26.7 Å². The average Bonchev–Trinajstić information content (AvgIpc) is 1.93. The lowest BCUT2D eigenvalue weighted by atomic mass is 9.90. The molecular weight excluding hydrogens is 239 g/mol. The van der Waals surface area contributed by atoms with E-state index in [-0.39, 0.29) is 0 Å². The maximum atomic E-state index is 11.1. The topological polar surface area (TPSA) is 17.1 Å². The molecule has 1 aliphatic carbocycles. The molecule has 1 rings (SSSR count). The van der Waals surface area contributed by atoms with E-state index in [2.05, 4.69) is 36.4 Å². The predicted octanol–water partition coefficient (Wildman–Crippen LogP) is 2.69. The molecule has 2 heteroatoms. The second-order valence-electron chi connectivity index (χ2n) is 2.86. The van der Waals surface area contributed by atoms with Gasteiger partial charge in [-0.2, -0.15) is 0 Å². The highest BCUT2D eigenvalue weighted by atomic mass is 127. The summed E-state index contributed by atoms with van der Waals surface area (Å²) >= 11 is 2.15. The van der Waals surface area contributed by atoms with Crippen LogP contribution in [0.3, 0.4) is 0 Å². The van der Waals surface area contributed by atoms with Gasteiger partial charge in [0, 0.05) is 6.42 Å². The van der Waals surface area contributed by atoms with Crippen molar-refractivity contribution in [2.75, 3.05) is 0 Å². The zero-order chi connectivity index (χ0) is 7.72. The molecule has 0 saturated carbocycles. The number of hydrogen-bond donors (Lipinski definition) is 0. The van der Waals surface area contributed by atoms with Gasteiger partial charge in [-0.25, -0.2) is 0 Å². The summed E-state index contributed by atoms with van der Waals surface area (Å²) in [7, 11) is 0. The number of Topliss-reactive ketones (excluding diaryl/α,β-unsaturated/α-hetero) is 1. The van der Waals surface area contributed by atoms with Gasteiger partial charge < -0.3 is 0 Å². The molecule has 0 aromatic heterocycles. The number of carbonyl (C=O) groups is 1. The normalized spacial score (nSPS) is 27.5. The average molecular weight is 250 g/mol. The Kier molecular flexibility index (Phi) is 2.50. The highest BCUT2D eigenvalue weighted by Crippen LogP contribution is 2.30. The van der Waals surface area contributed by atoms with Crippen LogP contribution in [0.4, 0.5) is 0 Å². The van der Waals surface area contributed by atoms with Crippen LogP contribution in [0.15, 0.2) is 9.15 Å². The molecule has 0 N–H and O–H groups in total. The first-order valence-corrected chi connectivity index (χ1v) is 4.60. The zero-order valence-corrected chi connectivity index (χ0v) is 8.44. The Morgan fingerprint density at radius 2 is 2.20 bits per heavy atom. The van der Waals surface area contributed by atoms with Crippen molar-refractivity contribution < 1.29 is 4.79 Å². The first kappa shape index (κ1) is 8.24. The molecule has 1 unspecified atom stereocenters. The standard InChI is InChI=1S/C8H11IO/c1-5-3-4-7(10)8(9)6(5)2/h5H,3-4H2,1-2H3. The molecule has 0 aromatic carbocycles. The molecule has 56 valence electrons. The van der Waals surface area contributed by atoms with Gasteiger partial charge in [0.2, 0.25) is 0 Å². The Hall–Kier alpha value is 0.140. The lowest BCUT2D eigenvalue weighted by Crippen LogP contribution is -2.12. The van der Waals surface area contributed by atoms with Crippen molar-refractivity contribution in [1.82, 2.24) is 0 Å². The molecule has 0 spiro atoms. The molecule has 0 aliphatic heterocycles. The molecule has 0 radical (unpaired) electrons. The van der Waals surface area contributed by atoms with Gasteiger partial charge >= 0.3 is 0 Å². The summed E-state index contributed by atoms with van der Waals surface area (Å²) in [6.07, 6.45) is 1.79. The molecule has 0 aromatic rings. The summed E-state index contributed by atoms with van der Waals surface area (Å²) in [6, 6.07) is 0. The molecule has 1 nitrogen and oxygen atoms in total. The lowest BCUT2D eigenvalue weighted by molar-refractivity contribution is -0.115. The summed E-state index contributed by atoms with van der Waals surface area (Å²) < 4.78 is 0.969. The third kappa shape index (κ3) is 1.41. The summed E-state index contributed by atoms with van der Waals surface area (Å²) in [5.41, 5.74) is 1.27. The zero-order valence-electron chi connectivity index (χ0n) is 6.28. The molecular formula is C8H11IO. The SMILES string of the molecule is CC1=C(I)C(=O)CCC1C. The van der Waals surface area contributed by atoms with E-state index in [0.717, 1.165) is 16.4 Å². The molecule has 0 fully saturated rings. The van der Waals surface area contributed by atoms with Crippen molar-refractivity contribution in [3.8, 4) is 0 Å². The van der Waals surface area contributed by atoms with E-state index < -0.39 is 0 Å². The van der Waals surface area contributed by atoms with Crippen molar-refractivity contribution in [1.29, 1.82) is 0 Å². The minimum absolute atomic E-state index is 0.330. The van der Waals surface area contributed by atoms with Gasteiger partial charge in [0.05, 0.1) is 3.58 Å². The first-order chi connectivity index (χ1) is 4.63. The van der Waals surface area contributed by atoms with Crippen molar-refractivity contribution in [2.45, 2.75) is 26.7 Å². The number of carbonyl (C=O) groups excluding carboxylic acids is 1. The quantitative estimate of drug-likeness (QED) is 0.604. The van der Waals surface area contributed by atoms with E-state index in [4.69, 9.17) is 0 Å². The molecule has 1 atom stereocenters. The van der Waals surface area contributed by atoms with Crippen molar-refractivity contribution in [2.24, 2.45) is 5.92 Å². The van der Waals surface area contributed by atoms with E-state index in [9.17, 15) is 4.79 Å². The van der Waals surface area contributed by atoms with Crippen molar-refractivity contribution >= 4 is 28.4 Å². The smallest absolute Gasteiger partial charge is 0.168 e. The highest BCUT2D eigenvalue weighted by Gasteiger charge is 2.20. The Labute approximate surface area is 75.0 Å². The van der Waals surface area contributed by atoms with Gasteiger partial charge in [0.25, 0.3) is 0 Å². The molecule has 0 saturated heterocycles. The summed E-state index contributed by atoms with van der Waals surface area (Å²) in [4.78, 5) is 11.1. The maximum absolute atomic E-state index is 11.1. The maximum Gasteiger partial charge on any atom is 0.168 e. The van der Waals surface area contributed by atoms with Gasteiger partial charge in [-0.3, -0.25) is 4.79 Å². The Bertz CT molecular complexity index is 193. The number of allylic oxidation sites excluding steroid dienone is 2. The molecule has 0 amide bonds. The summed E-state index contributed by atoms with van der Waals surface area (Å²) in [5, 5.41) is 0. The van der Waals surface area contributed by atoms with Gasteiger partial charge in [0.15, 0.2) is 5.78 Å². The fourth-order valence-electron chi connectivity index (χ4n) is 1.11. The summed E-state index contributed by atoms with van der Waals surface area (Å²) in [6.45, 7) is 4.24. The molecule has 10 heavy (non-hydrogen) atoms. The van der Waals surface area contributed by atoms with E-state index in [0.29, 0.717) is 11.7 Å². The van der Waals surface area contributed by atoms with Gasteiger partial charge in [-0.05, 0) is 41.9 Å². The van der Waals surface area contributed by atoms with E-state index in [1.165, 1.54) is 5.57 Å². The third-order valence-corrected chi connectivity index (χ3v) is 3.59. The van der Waals surface area contributed by atoms with Gasteiger partial charge in [0.1, 0.15) is 0 Å². The van der Waals surface area contributed by atoms with Crippen molar-refractivity contribution in [3.63, 3.8) is 0 Å². The second-order valence-corrected chi connectivity index (χ2v) is 3.94. The van der Waals surface area contributed by atoms with Crippen LogP contribution in [-0.4, -0.2) is 5.78 Å². The number of hydrogen-bond acceptors (Lipinski definition) is 1.